The minimum Gasteiger partial charge on any atom is -0.394 e. The van der Waals surface area contributed by atoms with E-state index in [0.717, 1.165) is 0 Å². The van der Waals surface area contributed by atoms with E-state index in [1.807, 2.05) is 0 Å². The van der Waals surface area contributed by atoms with Crippen molar-refractivity contribution >= 4 is 0 Å². The average Bonchev–Trinajstić information content (AvgIpc) is 3.06. The Morgan fingerprint density at radius 1 is 0.447 bits per heavy atom. The first-order valence-electron chi connectivity index (χ1n) is 15.3. The predicted molar refractivity (Wildman–Crippen MR) is 147 cm³/mol. The van der Waals surface area contributed by atoms with E-state index in [-0.39, 0.29) is 13.0 Å². The predicted octanol–water partition coefficient (Wildman–Crippen LogP) is -7.63. The molecular weight excluding hydrogens is 644 g/mol. The van der Waals surface area contributed by atoms with Crippen molar-refractivity contribution in [3.8, 4) is 0 Å². The normalized spacial score (nSPS) is 51.2. The van der Waals surface area contributed by atoms with Crippen molar-refractivity contribution in [3.63, 3.8) is 0 Å². The van der Waals surface area contributed by atoms with Crippen molar-refractivity contribution in [2.45, 2.75) is 136 Å². The van der Waals surface area contributed by atoms with Gasteiger partial charge in [-0.3, -0.25) is 0 Å². The topological polar surface area (TPSA) is 317 Å². The van der Waals surface area contributed by atoms with Gasteiger partial charge in [0.15, 0.2) is 18.9 Å². The van der Waals surface area contributed by atoms with Gasteiger partial charge in [-0.15, -0.1) is 0 Å². The quantitative estimate of drug-likeness (QED) is 0.0903. The monoisotopic (exact) mass is 692 g/mol. The highest BCUT2D eigenvalue weighted by atomic mass is 16.8. The zero-order valence-corrected chi connectivity index (χ0v) is 25.7. The van der Waals surface area contributed by atoms with Gasteiger partial charge in [-0.2, -0.15) is 0 Å². The van der Waals surface area contributed by atoms with E-state index >= 15 is 0 Å². The second-order valence-electron chi connectivity index (χ2n) is 12.1. The zero-order valence-electron chi connectivity index (χ0n) is 25.7. The molecule has 4 heterocycles. The smallest absolute Gasteiger partial charge is 0.187 e. The van der Waals surface area contributed by atoms with Crippen molar-refractivity contribution in [1.82, 2.24) is 0 Å². The van der Waals surface area contributed by atoms with Crippen LogP contribution < -0.4 is 0 Å². The Morgan fingerprint density at radius 3 is 1.40 bits per heavy atom. The Balaban J connectivity index is 1.51. The maximum absolute atomic E-state index is 11.2. The molecule has 0 aromatic rings. The summed E-state index contributed by atoms with van der Waals surface area (Å²) in [5.74, 6) is 0. The minimum absolute atomic E-state index is 0.176. The maximum atomic E-state index is 11.2. The summed E-state index contributed by atoms with van der Waals surface area (Å²) in [6.45, 7) is -0.431. The van der Waals surface area contributed by atoms with Gasteiger partial charge in [0, 0.05) is 7.11 Å². The molecule has 4 aliphatic heterocycles. The Kier molecular flexibility index (Phi) is 14.1. The molecule has 0 amide bonds. The summed E-state index contributed by atoms with van der Waals surface area (Å²) in [5.41, 5.74) is 0. The lowest BCUT2D eigenvalue weighted by Crippen LogP contribution is -2.65. The molecule has 0 spiro atoms. The van der Waals surface area contributed by atoms with Gasteiger partial charge in [-0.1, -0.05) is 6.92 Å². The van der Waals surface area contributed by atoms with Crippen LogP contribution in [-0.4, -0.2) is 217 Å². The van der Waals surface area contributed by atoms with Gasteiger partial charge in [0.1, 0.15) is 97.7 Å². The fourth-order valence-electron chi connectivity index (χ4n) is 5.91. The van der Waals surface area contributed by atoms with E-state index in [1.54, 1.807) is 6.92 Å². The van der Waals surface area contributed by atoms with E-state index in [2.05, 4.69) is 0 Å². The first kappa shape index (κ1) is 39.0. The molecule has 276 valence electrons. The lowest BCUT2D eigenvalue weighted by atomic mass is 9.94. The molecule has 20 heteroatoms. The standard InChI is InChI=1S/C27H48O20/c1-3-8-13(29)18(34)16(32)11(43-8)6-42-26-23(39)24(47-27-22(38)19(35)14(30)9(4-28)44-27)17(33)12(46-26)7-41-25-21(37)20(36)15(31)10(45-25)5-40-2/h8-39H,3-7H2,1-2H3/t8-,9?,10?,11?,12?,13?,14-,15-,16-,17-,18-,19+,20+,21?,22?,23?,24+,25+,26+,27-/m1/s1. The largest absolute Gasteiger partial charge is 0.394 e. The van der Waals surface area contributed by atoms with Crippen molar-refractivity contribution < 1.29 is 99.2 Å². The van der Waals surface area contributed by atoms with Gasteiger partial charge in [0.25, 0.3) is 0 Å². The minimum atomic E-state index is -1.91. The van der Waals surface area contributed by atoms with Crippen LogP contribution in [0.5, 0.6) is 0 Å². The summed E-state index contributed by atoms with van der Waals surface area (Å²) in [6.07, 6.45) is -31.3. The summed E-state index contributed by atoms with van der Waals surface area (Å²) >= 11 is 0. The SMILES string of the molecule is CC[C@H]1OC(CO[C@H]2OC(CO[C@H]3OC(COC)[C@@H](O)[C@H](O)C3O)[C@@H](O)[C@H](O[C@H]3OC(CO)[C@@H](O)[C@H](O)C3O)C2O)[C@@H](O)[C@H](O)C1O. The number of ether oxygens (including phenoxy) is 8. The lowest BCUT2D eigenvalue weighted by Gasteiger charge is -2.47. The van der Waals surface area contributed by atoms with E-state index in [1.165, 1.54) is 7.11 Å². The Labute approximate surface area is 269 Å². The second kappa shape index (κ2) is 16.9. The molecule has 0 bridgehead atoms. The van der Waals surface area contributed by atoms with Gasteiger partial charge >= 0.3 is 0 Å². The highest BCUT2D eigenvalue weighted by Gasteiger charge is 2.53. The highest BCUT2D eigenvalue weighted by molar-refractivity contribution is 4.96. The molecule has 4 rings (SSSR count). The van der Waals surface area contributed by atoms with Gasteiger partial charge in [0.05, 0.1) is 32.5 Å². The summed E-state index contributed by atoms with van der Waals surface area (Å²) in [4.78, 5) is 0. The van der Waals surface area contributed by atoms with Crippen molar-refractivity contribution in [1.29, 1.82) is 0 Å². The van der Waals surface area contributed by atoms with Gasteiger partial charge in [0.2, 0.25) is 0 Å². The second-order valence-corrected chi connectivity index (χ2v) is 12.1. The molecule has 20 nitrogen and oxygen atoms in total. The van der Waals surface area contributed by atoms with Crippen LogP contribution in [-0.2, 0) is 37.9 Å². The van der Waals surface area contributed by atoms with Crippen LogP contribution in [0.25, 0.3) is 0 Å². The highest BCUT2D eigenvalue weighted by Crippen LogP contribution is 2.32. The van der Waals surface area contributed by atoms with E-state index in [4.69, 9.17) is 37.9 Å². The van der Waals surface area contributed by atoms with Crippen LogP contribution in [0.3, 0.4) is 0 Å². The third kappa shape index (κ3) is 8.40. The van der Waals surface area contributed by atoms with Crippen LogP contribution in [0.2, 0.25) is 0 Å². The average molecular weight is 693 g/mol. The summed E-state index contributed by atoms with van der Waals surface area (Å²) in [7, 11) is 1.32. The Morgan fingerprint density at radius 2 is 0.872 bits per heavy atom. The summed E-state index contributed by atoms with van der Waals surface area (Å²) in [6, 6.07) is 0. The van der Waals surface area contributed by atoms with E-state index in [0.29, 0.717) is 0 Å². The molecule has 20 atom stereocenters. The van der Waals surface area contributed by atoms with E-state index in [9.17, 15) is 61.3 Å². The number of hydrogen-bond acceptors (Lipinski definition) is 20. The lowest BCUT2D eigenvalue weighted by molar-refractivity contribution is -0.368. The molecule has 47 heavy (non-hydrogen) atoms. The van der Waals surface area contributed by atoms with E-state index < -0.39 is 142 Å². The third-order valence-electron chi connectivity index (χ3n) is 8.84. The summed E-state index contributed by atoms with van der Waals surface area (Å²) in [5, 5.41) is 124. The number of rotatable bonds is 12. The van der Waals surface area contributed by atoms with Crippen molar-refractivity contribution in [3.05, 3.63) is 0 Å². The Bertz CT molecular complexity index is 946. The van der Waals surface area contributed by atoms with Crippen LogP contribution in [0.1, 0.15) is 13.3 Å². The molecule has 0 radical (unpaired) electrons. The molecule has 4 fully saturated rings. The van der Waals surface area contributed by atoms with Crippen LogP contribution in [0.4, 0.5) is 0 Å². The first-order chi connectivity index (χ1) is 22.2. The number of aliphatic hydroxyl groups excluding tert-OH is 12. The fraction of sp³-hybridized carbons (Fsp3) is 1.00. The molecule has 4 aliphatic rings. The van der Waals surface area contributed by atoms with Gasteiger partial charge < -0.3 is 99.2 Å². The third-order valence-corrected chi connectivity index (χ3v) is 8.84. The number of aliphatic hydroxyl groups is 12. The number of methoxy groups -OCH3 is 1. The molecule has 0 aromatic heterocycles. The Hall–Kier alpha value is -0.800. The maximum Gasteiger partial charge on any atom is 0.187 e. The molecular formula is C27H48O20. The molecule has 4 saturated heterocycles. The summed E-state index contributed by atoms with van der Waals surface area (Å²) < 4.78 is 44.1. The van der Waals surface area contributed by atoms with Crippen molar-refractivity contribution in [2.75, 3.05) is 33.5 Å². The van der Waals surface area contributed by atoms with Crippen LogP contribution in [0, 0.1) is 0 Å². The fourth-order valence-corrected chi connectivity index (χ4v) is 5.91. The first-order valence-corrected chi connectivity index (χ1v) is 15.3. The van der Waals surface area contributed by atoms with Crippen LogP contribution >= 0.6 is 0 Å². The molecule has 0 saturated carbocycles. The van der Waals surface area contributed by atoms with Crippen LogP contribution in [0.15, 0.2) is 0 Å². The van der Waals surface area contributed by atoms with Crippen molar-refractivity contribution in [2.24, 2.45) is 0 Å². The molecule has 8 unspecified atom stereocenters. The molecule has 0 aromatic carbocycles. The number of hydrogen-bond donors (Lipinski definition) is 12. The van der Waals surface area contributed by atoms with Gasteiger partial charge in [-0.05, 0) is 6.42 Å². The zero-order chi connectivity index (χ0) is 34.7. The molecule has 0 aliphatic carbocycles. The molecule has 12 N–H and O–H groups in total. The van der Waals surface area contributed by atoms with Gasteiger partial charge in [-0.25, -0.2) is 0 Å².